The Bertz CT molecular complexity index is 646. The summed E-state index contributed by atoms with van der Waals surface area (Å²) in [6, 6.07) is 6.65. The number of benzene rings is 1. The van der Waals surface area contributed by atoms with Crippen molar-refractivity contribution in [1.82, 2.24) is 4.90 Å². The Labute approximate surface area is 127 Å². The van der Waals surface area contributed by atoms with Crippen molar-refractivity contribution in [1.29, 1.82) is 0 Å². The van der Waals surface area contributed by atoms with Gasteiger partial charge in [0.05, 0.1) is 0 Å². The van der Waals surface area contributed by atoms with Gasteiger partial charge in [-0.3, -0.25) is 4.90 Å². The van der Waals surface area contributed by atoms with E-state index in [2.05, 4.69) is 23.3 Å². The number of nitrogens with zero attached hydrogens (tertiary/aromatic N) is 1. The van der Waals surface area contributed by atoms with Gasteiger partial charge in [0, 0.05) is 24.0 Å². The highest BCUT2D eigenvalue weighted by Gasteiger charge is 2.26. The van der Waals surface area contributed by atoms with E-state index < -0.39 is 12.9 Å². The summed E-state index contributed by atoms with van der Waals surface area (Å²) in [6.45, 7) is 3.67. The molecule has 1 aromatic heterocycles. The van der Waals surface area contributed by atoms with Gasteiger partial charge < -0.3 is 10.0 Å². The molecular weight excluding hydrogens is 288 g/mol. The lowest BCUT2D eigenvalue weighted by molar-refractivity contribution is 0.191. The van der Waals surface area contributed by atoms with E-state index in [1.807, 2.05) is 0 Å². The summed E-state index contributed by atoms with van der Waals surface area (Å²) in [7, 11) is -1.65. The number of hydrogen-bond acceptors (Lipinski definition) is 4. The van der Waals surface area contributed by atoms with E-state index in [0.29, 0.717) is 6.54 Å². The lowest BCUT2D eigenvalue weighted by atomic mass is 9.76. The van der Waals surface area contributed by atoms with Gasteiger partial charge in [0.25, 0.3) is 0 Å². The van der Waals surface area contributed by atoms with Crippen molar-refractivity contribution in [2.45, 2.75) is 25.9 Å². The molecule has 1 aromatic carbocycles. The minimum Gasteiger partial charge on any atom is -0.423 e. The maximum atomic E-state index is 13.3. The second-order valence-corrected chi connectivity index (χ2v) is 6.41. The van der Waals surface area contributed by atoms with Crippen molar-refractivity contribution in [3.05, 3.63) is 51.5 Å². The maximum Gasteiger partial charge on any atom is 0.488 e. The van der Waals surface area contributed by atoms with Crippen LogP contribution in [0.1, 0.15) is 29.0 Å². The first-order valence-electron chi connectivity index (χ1n) is 7.01. The van der Waals surface area contributed by atoms with Gasteiger partial charge in [-0.15, -0.1) is 11.3 Å². The highest BCUT2D eigenvalue weighted by Crippen LogP contribution is 2.33. The van der Waals surface area contributed by atoms with Crippen LogP contribution in [0.25, 0.3) is 0 Å². The first-order chi connectivity index (χ1) is 10.1. The molecule has 110 valence electrons. The van der Waals surface area contributed by atoms with Gasteiger partial charge in [-0.2, -0.15) is 0 Å². The van der Waals surface area contributed by atoms with Crippen LogP contribution in [0, 0.1) is 5.82 Å². The van der Waals surface area contributed by atoms with Gasteiger partial charge in [0.2, 0.25) is 0 Å². The van der Waals surface area contributed by atoms with Crippen LogP contribution in [0.15, 0.2) is 29.6 Å². The fraction of sp³-hybridized carbons (Fsp3) is 0.333. The van der Waals surface area contributed by atoms with Crippen molar-refractivity contribution in [2.24, 2.45) is 0 Å². The van der Waals surface area contributed by atoms with E-state index in [-0.39, 0.29) is 11.5 Å². The summed E-state index contributed by atoms with van der Waals surface area (Å²) in [5.41, 5.74) is 2.36. The molecular formula is C15H17BFNO2S. The molecule has 0 fully saturated rings. The summed E-state index contributed by atoms with van der Waals surface area (Å²) in [6.07, 6.45) is 1.01. The van der Waals surface area contributed by atoms with Gasteiger partial charge in [0.1, 0.15) is 5.82 Å². The second kappa shape index (κ2) is 5.89. The molecule has 1 aliphatic rings. The molecule has 3 nitrogen and oxygen atoms in total. The predicted molar refractivity (Wildman–Crippen MR) is 83.1 cm³/mol. The number of halogens is 1. The van der Waals surface area contributed by atoms with Crippen LogP contribution < -0.4 is 5.46 Å². The average Bonchev–Trinajstić information content (AvgIpc) is 2.92. The van der Waals surface area contributed by atoms with Gasteiger partial charge in [0.15, 0.2) is 0 Å². The smallest absolute Gasteiger partial charge is 0.423 e. The van der Waals surface area contributed by atoms with Gasteiger partial charge in [-0.1, -0.05) is 6.07 Å². The molecule has 0 spiro atoms. The monoisotopic (exact) mass is 305 g/mol. The molecule has 3 rings (SSSR count). The van der Waals surface area contributed by atoms with Crippen LogP contribution >= 0.6 is 11.3 Å². The van der Waals surface area contributed by atoms with Crippen molar-refractivity contribution < 1.29 is 14.4 Å². The van der Waals surface area contributed by atoms with Crippen molar-refractivity contribution in [3.63, 3.8) is 0 Å². The number of fused-ring (bicyclic) bond motifs is 1. The SMILES string of the molecule is CC1c2ccsc2CCN1Cc1ccc(F)cc1B(O)O. The molecule has 6 heteroatoms. The molecule has 21 heavy (non-hydrogen) atoms. The molecule has 2 aromatic rings. The normalized spacial score (nSPS) is 18.6. The zero-order chi connectivity index (χ0) is 15.0. The van der Waals surface area contributed by atoms with Gasteiger partial charge >= 0.3 is 7.12 Å². The Morgan fingerprint density at radius 2 is 2.19 bits per heavy atom. The average molecular weight is 305 g/mol. The highest BCUT2D eigenvalue weighted by atomic mass is 32.1. The lowest BCUT2D eigenvalue weighted by Crippen LogP contribution is -2.38. The van der Waals surface area contributed by atoms with Crippen LogP contribution in [0.5, 0.6) is 0 Å². The van der Waals surface area contributed by atoms with Crippen LogP contribution in [-0.4, -0.2) is 28.6 Å². The molecule has 0 saturated heterocycles. The quantitative estimate of drug-likeness (QED) is 0.848. The maximum absolute atomic E-state index is 13.3. The molecule has 1 atom stereocenters. The molecule has 0 bridgehead atoms. The zero-order valence-electron chi connectivity index (χ0n) is 11.8. The van der Waals surface area contributed by atoms with Crippen molar-refractivity contribution in [2.75, 3.05) is 6.54 Å². The number of hydrogen-bond donors (Lipinski definition) is 2. The Kier molecular flexibility index (Phi) is 4.13. The van der Waals surface area contributed by atoms with Gasteiger partial charge in [-0.25, -0.2) is 4.39 Å². The third-order valence-corrected chi connectivity index (χ3v) is 5.16. The highest BCUT2D eigenvalue weighted by molar-refractivity contribution is 7.10. The fourth-order valence-electron chi connectivity index (χ4n) is 2.95. The van der Waals surface area contributed by atoms with Crippen LogP contribution in [0.2, 0.25) is 0 Å². The molecule has 2 heterocycles. The Balaban J connectivity index is 1.85. The lowest BCUT2D eigenvalue weighted by Gasteiger charge is -2.34. The fourth-order valence-corrected chi connectivity index (χ4v) is 3.91. The summed E-state index contributed by atoms with van der Waals surface area (Å²) >= 11 is 1.79. The first-order valence-corrected chi connectivity index (χ1v) is 7.89. The standard InChI is InChI=1S/C15H17BFNO2S/c1-10-13-5-7-21-15(13)4-6-18(10)9-11-2-3-12(17)8-14(11)16(19)20/h2-3,5,7-8,10,19-20H,4,6,9H2,1H3. The van der Waals surface area contributed by atoms with E-state index in [4.69, 9.17) is 0 Å². The first kappa shape index (κ1) is 14.7. The van der Waals surface area contributed by atoms with Crippen LogP contribution in [0.4, 0.5) is 4.39 Å². The minimum atomic E-state index is -1.65. The summed E-state index contributed by atoms with van der Waals surface area (Å²) in [5.74, 6) is -0.450. The third kappa shape index (κ3) is 2.89. The largest absolute Gasteiger partial charge is 0.488 e. The van der Waals surface area contributed by atoms with Gasteiger partial charge in [-0.05, 0) is 53.5 Å². The molecule has 0 aliphatic carbocycles. The Hall–Kier alpha value is -1.21. The van der Waals surface area contributed by atoms with E-state index in [1.54, 1.807) is 17.4 Å². The van der Waals surface area contributed by atoms with Crippen LogP contribution in [0.3, 0.4) is 0 Å². The Morgan fingerprint density at radius 3 is 2.95 bits per heavy atom. The molecule has 1 unspecified atom stereocenters. The predicted octanol–water partition coefficient (Wildman–Crippen LogP) is 1.69. The molecule has 1 aliphatic heterocycles. The van der Waals surface area contributed by atoms with E-state index >= 15 is 0 Å². The summed E-state index contributed by atoms with van der Waals surface area (Å²) < 4.78 is 13.3. The van der Waals surface area contributed by atoms with Crippen molar-refractivity contribution >= 4 is 23.9 Å². The molecule has 0 amide bonds. The molecule has 0 radical (unpaired) electrons. The number of rotatable bonds is 3. The second-order valence-electron chi connectivity index (χ2n) is 5.41. The summed E-state index contributed by atoms with van der Waals surface area (Å²) in [5, 5.41) is 21.0. The van der Waals surface area contributed by atoms with E-state index in [9.17, 15) is 14.4 Å². The minimum absolute atomic E-state index is 0.248. The van der Waals surface area contributed by atoms with Crippen LogP contribution in [-0.2, 0) is 13.0 Å². The zero-order valence-corrected chi connectivity index (χ0v) is 12.6. The summed E-state index contributed by atoms with van der Waals surface area (Å²) in [4.78, 5) is 3.72. The topological polar surface area (TPSA) is 43.7 Å². The number of thiophene rings is 1. The molecule has 0 saturated carbocycles. The molecule has 2 N–H and O–H groups in total. The third-order valence-electron chi connectivity index (χ3n) is 4.16. The van der Waals surface area contributed by atoms with E-state index in [0.717, 1.165) is 18.5 Å². The van der Waals surface area contributed by atoms with Crippen molar-refractivity contribution in [3.8, 4) is 0 Å². The Morgan fingerprint density at radius 1 is 1.38 bits per heavy atom. The van der Waals surface area contributed by atoms with E-state index in [1.165, 1.54) is 22.6 Å².